The summed E-state index contributed by atoms with van der Waals surface area (Å²) in [5.74, 6) is -2.03. The minimum atomic E-state index is -5.85. The van der Waals surface area contributed by atoms with Crippen molar-refractivity contribution in [3.63, 3.8) is 0 Å². The highest BCUT2D eigenvalue weighted by Crippen LogP contribution is 2.65. The second kappa shape index (κ2) is 25.5. The molecule has 8 rings (SSSR count). The first-order valence-corrected chi connectivity index (χ1v) is 32.8. The number of phosphoric acid groups is 3. The standard InChI is InChI=1S/C40H59N12O27P5/c1-5-18-6-8-43-33-26(25(18)41)44-16-51(33)38-32(70-4)31(77-82(64,65)71-14-21-29(56)30(57)37(75-21)50-9-7-23(53)46-40(50)59)22(76-38)15-73-84(68,69)79-81(62,63)11-10-80(60,61)78-83(66,67)72-13-20-19(12-24(54)49(2)3)28(55)36(74-20)52-17-45-27-34(52)47-39(42)48-35(27)58/h7-9,16-17,19-22,28-32,36-38,55-57H,5-6,10-15,41H2,1-4H3,(H,60,61)(H,62,63)(H,64,65)(H,66,67)(H,68,69)(H,46,53,59)(H3,42,47,48,58)/t19-,20-,21-,22-,28-,29-,30-,31-,32-,36-,37-,38-/m1/s1. The number of phosphoric ester groups is 3. The SMILES string of the molecule is CCC1=C(N)c2ncn([C@@H]3O[C@H](COP(=O)(O)OP(=O)(O)CCP(=O)(O)OP(=O)(O)OC[C@H]4O[C@@H](n5cnc6c(=O)[nH]c(N)nc65)[C@H](O)[C@@H]4CC(=O)N(C)C)[C@@H](OP(=O)(O)OC[C@H]4O[C@@H](n5ccc(=O)[nH]c5=O)[C@H](O)[C@@H]4O)[C@H]3OC)c2N=CC1. The molecule has 44 heteroatoms. The van der Waals surface area contributed by atoms with Crippen molar-refractivity contribution in [2.24, 2.45) is 16.6 Å². The molecule has 4 aromatic rings. The summed E-state index contributed by atoms with van der Waals surface area (Å²) < 4.78 is 122. The third kappa shape index (κ3) is 14.8. The van der Waals surface area contributed by atoms with Crippen molar-refractivity contribution >= 4 is 79.4 Å². The van der Waals surface area contributed by atoms with E-state index in [0.717, 1.165) is 45.3 Å². The minimum Gasteiger partial charge on any atom is -0.397 e. The molecule has 14 N–H and O–H groups in total. The largest absolute Gasteiger partial charge is 0.479 e. The molecule has 5 unspecified atom stereocenters. The number of H-pyrrole nitrogens is 2. The quantitative estimate of drug-likeness (QED) is 0.0331. The van der Waals surface area contributed by atoms with Gasteiger partial charge in [-0.3, -0.25) is 65.3 Å². The first-order valence-electron chi connectivity index (χ1n) is 24.7. The predicted octanol–water partition coefficient (Wildman–Crippen LogP) is -1.64. The Kier molecular flexibility index (Phi) is 19.7. The van der Waals surface area contributed by atoms with E-state index < -0.39 is 173 Å². The van der Waals surface area contributed by atoms with Gasteiger partial charge < -0.3 is 75.1 Å². The second-order valence-electron chi connectivity index (χ2n) is 19.3. The Morgan fingerprint density at radius 2 is 1.35 bits per heavy atom. The van der Waals surface area contributed by atoms with E-state index in [2.05, 4.69) is 33.5 Å². The van der Waals surface area contributed by atoms with E-state index in [0.29, 0.717) is 12.8 Å². The van der Waals surface area contributed by atoms with E-state index in [1.54, 1.807) is 0 Å². The number of aromatic amines is 2. The first-order chi connectivity index (χ1) is 39.2. The van der Waals surface area contributed by atoms with Crippen LogP contribution in [-0.2, 0) is 73.3 Å². The van der Waals surface area contributed by atoms with Gasteiger partial charge in [0.15, 0.2) is 35.7 Å². The lowest BCUT2D eigenvalue weighted by Crippen LogP contribution is -2.38. The average Bonchev–Trinajstić information content (AvgIpc) is 2.01. The number of aliphatic hydroxyl groups is 3. The number of aromatic nitrogens is 8. The van der Waals surface area contributed by atoms with Crippen LogP contribution in [0.5, 0.6) is 0 Å². The van der Waals surface area contributed by atoms with Crippen LogP contribution in [0.15, 0.2) is 49.9 Å². The summed E-state index contributed by atoms with van der Waals surface area (Å²) in [5.41, 5.74) is 10.4. The van der Waals surface area contributed by atoms with Crippen molar-refractivity contribution in [3.05, 3.63) is 67.4 Å². The number of imidazole rings is 2. The Morgan fingerprint density at radius 3 is 1.96 bits per heavy atom. The molecule has 8 heterocycles. The van der Waals surface area contributed by atoms with Gasteiger partial charge in [-0.15, -0.1) is 0 Å². The summed E-state index contributed by atoms with van der Waals surface area (Å²) in [6.45, 7) is -1.42. The summed E-state index contributed by atoms with van der Waals surface area (Å²) in [6, 6.07) is 0.922. The van der Waals surface area contributed by atoms with Gasteiger partial charge in [-0.1, -0.05) is 6.92 Å². The monoisotopic (exact) mass is 1290 g/mol. The van der Waals surface area contributed by atoms with Crippen LogP contribution < -0.4 is 28.3 Å². The summed E-state index contributed by atoms with van der Waals surface area (Å²) >= 11 is 0. The molecule has 466 valence electrons. The lowest BCUT2D eigenvalue weighted by molar-refractivity contribution is -0.130. The van der Waals surface area contributed by atoms with Gasteiger partial charge in [0.1, 0.15) is 48.4 Å². The zero-order chi connectivity index (χ0) is 61.6. The maximum absolute atomic E-state index is 13.7. The third-order valence-corrected chi connectivity index (χ3v) is 21.0. The highest BCUT2D eigenvalue weighted by molar-refractivity contribution is 7.66. The number of allylic oxidation sites excluding steroid dienone is 1. The Morgan fingerprint density at radius 1 is 0.762 bits per heavy atom. The van der Waals surface area contributed by atoms with Crippen molar-refractivity contribution in [1.29, 1.82) is 0 Å². The van der Waals surface area contributed by atoms with Gasteiger partial charge >= 0.3 is 44.3 Å². The summed E-state index contributed by atoms with van der Waals surface area (Å²) in [7, 11) is -24.2. The molecule has 0 bridgehead atoms. The first kappa shape index (κ1) is 65.1. The van der Waals surface area contributed by atoms with Crippen LogP contribution in [0.3, 0.4) is 0 Å². The van der Waals surface area contributed by atoms with Gasteiger partial charge in [0.25, 0.3) is 11.1 Å². The van der Waals surface area contributed by atoms with Gasteiger partial charge in [-0.2, -0.15) is 4.98 Å². The summed E-state index contributed by atoms with van der Waals surface area (Å²) in [4.78, 5) is 125. The average molecular weight is 1290 g/mol. The fourth-order valence-electron chi connectivity index (χ4n) is 9.22. The Hall–Kier alpha value is -4.85. The number of carbonyl (C=O) groups is 1. The van der Waals surface area contributed by atoms with Crippen molar-refractivity contribution in [2.75, 3.05) is 59.1 Å². The van der Waals surface area contributed by atoms with Crippen LogP contribution in [0.2, 0.25) is 0 Å². The van der Waals surface area contributed by atoms with E-state index in [-0.39, 0.29) is 34.3 Å². The fourth-order valence-corrected chi connectivity index (χ4v) is 16.5. The Balaban J connectivity index is 0.923. The maximum atomic E-state index is 13.7. The molecule has 0 aliphatic carbocycles. The molecule has 4 aromatic heterocycles. The molecule has 3 saturated heterocycles. The topological polar surface area (TPSA) is 560 Å². The lowest BCUT2D eigenvalue weighted by Gasteiger charge is -2.26. The number of carbonyl (C=O) groups excluding carboxylic acids is 1. The molecule has 39 nitrogen and oxygen atoms in total. The van der Waals surface area contributed by atoms with E-state index in [1.165, 1.54) is 31.2 Å². The molecule has 0 aromatic carbocycles. The van der Waals surface area contributed by atoms with Gasteiger partial charge in [0, 0.05) is 58.4 Å². The smallest absolute Gasteiger partial charge is 0.397 e. The molecule has 3 fully saturated rings. The number of amides is 1. The van der Waals surface area contributed by atoms with Gasteiger partial charge in [-0.25, -0.2) is 42.1 Å². The molecular weight excluding hydrogens is 1240 g/mol. The zero-order valence-corrected chi connectivity index (χ0v) is 48.7. The predicted molar refractivity (Wildman–Crippen MR) is 281 cm³/mol. The van der Waals surface area contributed by atoms with Crippen LogP contribution in [0.25, 0.3) is 16.9 Å². The highest BCUT2D eigenvalue weighted by atomic mass is 31.3. The Bertz CT molecular complexity index is 3610. The van der Waals surface area contributed by atoms with E-state index in [9.17, 15) is 81.8 Å². The highest BCUT2D eigenvalue weighted by Gasteiger charge is 2.53. The van der Waals surface area contributed by atoms with Crippen LogP contribution >= 0.6 is 38.7 Å². The zero-order valence-electron chi connectivity index (χ0n) is 44.3. The van der Waals surface area contributed by atoms with Gasteiger partial charge in [0.05, 0.1) is 56.6 Å². The number of nitrogen functional groups attached to an aromatic ring is 1. The number of nitrogens with two attached hydrogens (primary N) is 2. The minimum absolute atomic E-state index is 0.0869. The van der Waals surface area contributed by atoms with Gasteiger partial charge in [-0.05, 0) is 12.0 Å². The van der Waals surface area contributed by atoms with E-state index in [4.69, 9.17) is 48.5 Å². The number of rotatable bonds is 25. The Labute approximate surface area is 471 Å². The number of ether oxygens (including phenoxy) is 4. The molecule has 4 aliphatic heterocycles. The van der Waals surface area contributed by atoms with E-state index in [1.807, 2.05) is 11.9 Å². The van der Waals surface area contributed by atoms with E-state index >= 15 is 0 Å². The number of anilines is 1. The molecule has 4 aliphatic rings. The number of aliphatic imine (C=N–C) groups is 1. The fraction of sp³-hybridized carbons (Fsp3) is 0.600. The molecule has 17 atom stereocenters. The van der Waals surface area contributed by atoms with Crippen molar-refractivity contribution in [3.8, 4) is 0 Å². The van der Waals surface area contributed by atoms with Gasteiger partial charge in [0.2, 0.25) is 11.9 Å². The maximum Gasteiger partial charge on any atom is 0.479 e. The second-order valence-corrected chi connectivity index (χ2v) is 27.8. The van der Waals surface area contributed by atoms with Crippen LogP contribution in [0.1, 0.15) is 50.6 Å². The normalized spacial score (nSPS) is 29.9. The molecular formula is C40H59N12O27P5. The number of methoxy groups -OCH3 is 1. The number of hydrogen-bond acceptors (Lipinski definition) is 28. The van der Waals surface area contributed by atoms with Crippen LogP contribution in [0.4, 0.5) is 11.8 Å². The molecule has 84 heavy (non-hydrogen) atoms. The molecule has 0 saturated carbocycles. The number of hydrogen-bond donors (Lipinski definition) is 12. The molecule has 0 radical (unpaired) electrons. The summed E-state index contributed by atoms with van der Waals surface area (Å²) in [6.07, 6.45) is -16.2. The molecule has 0 spiro atoms. The number of nitrogens with one attached hydrogen (secondary N) is 2. The number of aliphatic hydroxyl groups excluding tert-OH is 3. The number of nitrogens with zero attached hydrogens (tertiary/aromatic N) is 8. The van der Waals surface area contributed by atoms with Crippen molar-refractivity contribution in [1.82, 2.24) is 43.5 Å². The third-order valence-electron chi connectivity index (χ3n) is 13.4. The van der Waals surface area contributed by atoms with Crippen molar-refractivity contribution in [2.45, 2.75) is 93.7 Å². The summed E-state index contributed by atoms with van der Waals surface area (Å²) in [5, 5.41) is 32.7. The molecule has 1 amide bonds. The van der Waals surface area contributed by atoms with Crippen LogP contribution in [-0.4, -0.2) is 198 Å². The van der Waals surface area contributed by atoms with Crippen molar-refractivity contribution < 1.29 is 113 Å². The lowest BCUT2D eigenvalue weighted by atomic mass is 9.94. The number of fused-ring (bicyclic) bond motifs is 2. The van der Waals surface area contributed by atoms with Crippen LogP contribution in [0, 0.1) is 5.92 Å².